The Balaban J connectivity index is 2.95. The van der Waals surface area contributed by atoms with Gasteiger partial charge < -0.3 is 5.32 Å². The number of nitrogens with two attached hydrogens (primary N) is 1. The Labute approximate surface area is 118 Å². The van der Waals surface area contributed by atoms with Gasteiger partial charge in [0, 0.05) is 17.1 Å². The summed E-state index contributed by atoms with van der Waals surface area (Å²) >= 11 is 5.79. The average molecular weight is 305 g/mol. The van der Waals surface area contributed by atoms with Crippen LogP contribution in [0.1, 0.15) is 30.6 Å². The highest BCUT2D eigenvalue weighted by atomic mass is 35.5. The van der Waals surface area contributed by atoms with E-state index in [9.17, 15) is 13.2 Å². The number of carbonyl (C=O) groups is 1. The Morgan fingerprint density at radius 3 is 2.58 bits per heavy atom. The fraction of sp³-hybridized carbons (Fsp3) is 0.417. The van der Waals surface area contributed by atoms with E-state index in [4.69, 9.17) is 16.7 Å². The molecule has 106 valence electrons. The highest BCUT2D eigenvalue weighted by Crippen LogP contribution is 2.18. The third kappa shape index (κ3) is 4.81. The lowest BCUT2D eigenvalue weighted by Crippen LogP contribution is -2.28. The van der Waals surface area contributed by atoms with E-state index >= 15 is 0 Å². The third-order valence-corrected chi connectivity index (χ3v) is 3.88. The van der Waals surface area contributed by atoms with Crippen molar-refractivity contribution >= 4 is 27.5 Å². The predicted molar refractivity (Wildman–Crippen MR) is 74.6 cm³/mol. The molecule has 1 rings (SSSR count). The summed E-state index contributed by atoms with van der Waals surface area (Å²) in [5, 5.41) is 7.90. The number of carbonyl (C=O) groups excluding carboxylic acids is 1. The first kappa shape index (κ1) is 15.9. The molecular formula is C12H17ClN2O3S. The minimum atomic E-state index is -3.88. The molecule has 0 aliphatic rings. The van der Waals surface area contributed by atoms with Crippen LogP contribution in [0.3, 0.4) is 0 Å². The largest absolute Gasteiger partial charge is 0.352 e. The molecule has 0 aliphatic heterocycles. The van der Waals surface area contributed by atoms with E-state index in [1.807, 2.05) is 13.8 Å². The molecule has 0 spiro atoms. The second-order valence-electron chi connectivity index (χ2n) is 4.44. The summed E-state index contributed by atoms with van der Waals surface area (Å²) in [4.78, 5) is 11.7. The first-order chi connectivity index (χ1) is 8.74. The third-order valence-electron chi connectivity index (χ3n) is 2.77. The van der Waals surface area contributed by atoms with Crippen molar-refractivity contribution in [3.63, 3.8) is 0 Å². The minimum absolute atomic E-state index is 0.153. The van der Waals surface area contributed by atoms with Crippen molar-refractivity contribution in [1.82, 2.24) is 5.32 Å². The van der Waals surface area contributed by atoms with Gasteiger partial charge in [0.05, 0.1) is 4.90 Å². The molecule has 3 N–H and O–H groups in total. The maximum atomic E-state index is 11.9. The zero-order valence-electron chi connectivity index (χ0n) is 10.8. The van der Waals surface area contributed by atoms with Crippen molar-refractivity contribution in [3.8, 4) is 0 Å². The van der Waals surface area contributed by atoms with Crippen LogP contribution in [0, 0.1) is 5.92 Å². The van der Waals surface area contributed by atoms with Gasteiger partial charge in [-0.2, -0.15) is 0 Å². The van der Waals surface area contributed by atoms with Crippen LogP contribution >= 0.6 is 11.6 Å². The highest BCUT2D eigenvalue weighted by molar-refractivity contribution is 7.89. The Kier molecular flexibility index (Phi) is 5.34. The molecule has 0 fully saturated rings. The van der Waals surface area contributed by atoms with Gasteiger partial charge in [-0.25, -0.2) is 13.6 Å². The molecule has 0 bridgehead atoms. The monoisotopic (exact) mass is 304 g/mol. The van der Waals surface area contributed by atoms with E-state index < -0.39 is 10.0 Å². The number of halogens is 1. The van der Waals surface area contributed by atoms with Crippen molar-refractivity contribution < 1.29 is 13.2 Å². The topological polar surface area (TPSA) is 89.3 Å². The molecule has 0 saturated heterocycles. The summed E-state index contributed by atoms with van der Waals surface area (Å²) in [6.45, 7) is 4.55. The number of rotatable bonds is 5. The maximum Gasteiger partial charge on any atom is 0.251 e. The summed E-state index contributed by atoms with van der Waals surface area (Å²) < 4.78 is 22.5. The lowest BCUT2D eigenvalue weighted by Gasteiger charge is -2.11. The lowest BCUT2D eigenvalue weighted by atomic mass is 10.1. The SMILES string of the molecule is CCC(C)CNC(=O)c1cc(Cl)cc(S(N)(=O)=O)c1. The average Bonchev–Trinajstić information content (AvgIpc) is 2.33. The molecule has 0 saturated carbocycles. The van der Waals surface area contributed by atoms with Gasteiger partial charge in [0.2, 0.25) is 10.0 Å². The fourth-order valence-corrected chi connectivity index (χ4v) is 2.25. The summed E-state index contributed by atoms with van der Waals surface area (Å²) in [6, 6.07) is 3.83. The lowest BCUT2D eigenvalue weighted by molar-refractivity contribution is 0.0947. The standard InChI is InChI=1S/C12H17ClN2O3S/c1-3-8(2)7-15-12(16)9-4-10(13)6-11(5-9)19(14,17)18/h4-6,8H,3,7H2,1-2H3,(H,15,16)(H2,14,17,18). The van der Waals surface area contributed by atoms with E-state index in [-0.39, 0.29) is 21.4 Å². The highest BCUT2D eigenvalue weighted by Gasteiger charge is 2.14. The molecule has 1 aromatic rings. The molecule has 0 aliphatic carbocycles. The van der Waals surface area contributed by atoms with Crippen LogP contribution in [-0.2, 0) is 10.0 Å². The van der Waals surface area contributed by atoms with Crippen LogP contribution < -0.4 is 10.5 Å². The molecule has 1 atom stereocenters. The van der Waals surface area contributed by atoms with Crippen LogP contribution in [-0.4, -0.2) is 20.9 Å². The van der Waals surface area contributed by atoms with Crippen LogP contribution in [0.25, 0.3) is 0 Å². The van der Waals surface area contributed by atoms with Gasteiger partial charge in [-0.1, -0.05) is 31.9 Å². The molecule has 1 amide bonds. The summed E-state index contributed by atoms with van der Waals surface area (Å²) in [7, 11) is -3.88. The Hall–Kier alpha value is -1.11. The summed E-state index contributed by atoms with van der Waals surface area (Å²) in [5.41, 5.74) is 0.180. The van der Waals surface area contributed by atoms with Crippen molar-refractivity contribution in [1.29, 1.82) is 0 Å². The van der Waals surface area contributed by atoms with Crippen molar-refractivity contribution in [2.45, 2.75) is 25.2 Å². The van der Waals surface area contributed by atoms with Gasteiger partial charge in [-0.15, -0.1) is 0 Å². The number of hydrogen-bond acceptors (Lipinski definition) is 3. The molecule has 1 unspecified atom stereocenters. The molecular weight excluding hydrogens is 288 g/mol. The number of primary sulfonamides is 1. The van der Waals surface area contributed by atoms with Gasteiger partial charge in [-0.3, -0.25) is 4.79 Å². The second-order valence-corrected chi connectivity index (χ2v) is 6.44. The Morgan fingerprint density at radius 1 is 1.42 bits per heavy atom. The van der Waals surface area contributed by atoms with Gasteiger partial charge in [-0.05, 0) is 24.1 Å². The molecule has 7 heteroatoms. The molecule has 0 aromatic heterocycles. The van der Waals surface area contributed by atoms with Crippen LogP contribution in [0.5, 0.6) is 0 Å². The van der Waals surface area contributed by atoms with E-state index in [1.165, 1.54) is 18.2 Å². The first-order valence-electron chi connectivity index (χ1n) is 5.85. The van der Waals surface area contributed by atoms with Crippen molar-refractivity contribution in [2.75, 3.05) is 6.54 Å². The fourth-order valence-electron chi connectivity index (χ4n) is 1.37. The number of sulfonamides is 1. The normalized spacial score (nSPS) is 13.1. The van der Waals surface area contributed by atoms with Crippen LogP contribution in [0.4, 0.5) is 0 Å². The number of benzene rings is 1. The van der Waals surface area contributed by atoms with Gasteiger partial charge in [0.15, 0.2) is 0 Å². The minimum Gasteiger partial charge on any atom is -0.352 e. The second kappa shape index (κ2) is 6.36. The zero-order valence-corrected chi connectivity index (χ0v) is 12.4. The van der Waals surface area contributed by atoms with Gasteiger partial charge >= 0.3 is 0 Å². The van der Waals surface area contributed by atoms with E-state index in [2.05, 4.69) is 5.32 Å². The molecule has 0 radical (unpaired) electrons. The van der Waals surface area contributed by atoms with Crippen molar-refractivity contribution in [2.24, 2.45) is 11.1 Å². The smallest absolute Gasteiger partial charge is 0.251 e. The molecule has 19 heavy (non-hydrogen) atoms. The predicted octanol–water partition coefficient (Wildman–Crippen LogP) is 1.76. The Morgan fingerprint density at radius 2 is 2.05 bits per heavy atom. The zero-order chi connectivity index (χ0) is 14.6. The molecule has 0 heterocycles. The maximum absolute atomic E-state index is 11.9. The first-order valence-corrected chi connectivity index (χ1v) is 7.78. The molecule has 5 nitrogen and oxygen atoms in total. The number of hydrogen-bond donors (Lipinski definition) is 2. The van der Waals surface area contributed by atoms with Crippen LogP contribution in [0.2, 0.25) is 5.02 Å². The van der Waals surface area contributed by atoms with Crippen molar-refractivity contribution in [3.05, 3.63) is 28.8 Å². The van der Waals surface area contributed by atoms with E-state index in [0.29, 0.717) is 12.5 Å². The molecule has 1 aromatic carbocycles. The van der Waals surface area contributed by atoms with Gasteiger partial charge in [0.25, 0.3) is 5.91 Å². The number of amides is 1. The van der Waals surface area contributed by atoms with E-state index in [1.54, 1.807) is 0 Å². The number of nitrogens with one attached hydrogen (secondary N) is 1. The van der Waals surface area contributed by atoms with Crippen LogP contribution in [0.15, 0.2) is 23.1 Å². The quantitative estimate of drug-likeness (QED) is 0.868. The Bertz CT molecular complexity index is 572. The van der Waals surface area contributed by atoms with Gasteiger partial charge in [0.1, 0.15) is 0 Å². The summed E-state index contributed by atoms with van der Waals surface area (Å²) in [6.07, 6.45) is 0.943. The van der Waals surface area contributed by atoms with E-state index in [0.717, 1.165) is 6.42 Å². The summed E-state index contributed by atoms with van der Waals surface area (Å²) in [5.74, 6) is -0.0199.